The molecule has 2 atom stereocenters. The van der Waals surface area contributed by atoms with E-state index in [-0.39, 0.29) is 11.9 Å². The monoisotopic (exact) mass is 409 g/mol. The number of hydrogen-bond donors (Lipinski definition) is 2. The van der Waals surface area contributed by atoms with Gasteiger partial charge < -0.3 is 15.5 Å². The predicted octanol–water partition coefficient (Wildman–Crippen LogP) is 3.64. The molecule has 0 saturated carbocycles. The minimum Gasteiger partial charge on any atom is -0.497 e. The second kappa shape index (κ2) is 8.57. The number of hydrogen-bond acceptors (Lipinski definition) is 6. The van der Waals surface area contributed by atoms with Gasteiger partial charge in [0.15, 0.2) is 5.82 Å². The second-order valence-corrected chi connectivity index (χ2v) is 7.87. The fraction of sp³-hybridized carbons (Fsp3) is 0.286. The lowest BCUT2D eigenvalue weighted by Crippen LogP contribution is -2.41. The van der Waals surface area contributed by atoms with Crippen molar-refractivity contribution in [3.8, 4) is 5.75 Å². The molecule has 1 amide bonds. The third-order valence-corrected chi connectivity index (χ3v) is 5.97. The van der Waals surface area contributed by atoms with Crippen molar-refractivity contribution < 1.29 is 9.53 Å². The summed E-state index contributed by atoms with van der Waals surface area (Å²) in [5, 5.41) is 11.9. The number of amides is 1. The van der Waals surface area contributed by atoms with Crippen molar-refractivity contribution in [1.29, 1.82) is 0 Å². The molecule has 2 aromatic carbocycles. The molecule has 0 radical (unpaired) electrons. The molecule has 1 aromatic heterocycles. The number of aryl methyl sites for hydroxylation is 1. The van der Waals surface area contributed by atoms with E-state index in [2.05, 4.69) is 27.9 Å². The van der Waals surface area contributed by atoms with Gasteiger partial charge >= 0.3 is 0 Å². The molecule has 0 aliphatic carbocycles. The van der Waals surface area contributed by atoms with Crippen LogP contribution in [-0.2, 0) is 11.2 Å². The normalized spacial score (nSPS) is 17.9. The first-order valence-corrected chi connectivity index (χ1v) is 10.4. The van der Waals surface area contributed by atoms with Crippen LogP contribution in [0.3, 0.4) is 0 Å². The Labute approximate surface area is 173 Å². The first-order valence-electron chi connectivity index (χ1n) is 9.57. The highest BCUT2D eigenvalue weighted by molar-refractivity contribution is 8.00. The summed E-state index contributed by atoms with van der Waals surface area (Å²) >= 11 is 1.43. The fourth-order valence-electron chi connectivity index (χ4n) is 3.28. The Morgan fingerprint density at radius 3 is 2.62 bits per heavy atom. The van der Waals surface area contributed by atoms with Crippen LogP contribution in [0.2, 0.25) is 0 Å². The van der Waals surface area contributed by atoms with E-state index in [0.717, 1.165) is 35.7 Å². The number of thioether (sulfide) groups is 1. The molecular weight excluding hydrogens is 386 g/mol. The van der Waals surface area contributed by atoms with Gasteiger partial charge in [0.2, 0.25) is 11.1 Å². The van der Waals surface area contributed by atoms with Gasteiger partial charge in [-0.15, -0.1) is 10.2 Å². The van der Waals surface area contributed by atoms with Crippen molar-refractivity contribution in [2.45, 2.75) is 36.2 Å². The minimum atomic E-state index is -0.408. The molecule has 3 aromatic rings. The standard InChI is InChI=1S/C21H23N5O2S/c1-3-7-17-23-24-21-26(17)25-18(14-10-12-16(28-2)13-11-14)19(29-21)20(27)22-15-8-5-4-6-9-15/h4-6,8-13,18-19,25H,3,7H2,1-2H3,(H,22,27). The van der Waals surface area contributed by atoms with E-state index in [1.165, 1.54) is 11.8 Å². The van der Waals surface area contributed by atoms with Crippen molar-refractivity contribution >= 4 is 23.4 Å². The van der Waals surface area contributed by atoms with E-state index in [1.54, 1.807) is 7.11 Å². The van der Waals surface area contributed by atoms with Crippen LogP contribution in [0.25, 0.3) is 0 Å². The molecule has 0 bridgehead atoms. The largest absolute Gasteiger partial charge is 0.497 e. The summed E-state index contributed by atoms with van der Waals surface area (Å²) in [7, 11) is 1.64. The highest BCUT2D eigenvalue weighted by Gasteiger charge is 2.37. The number of ether oxygens (including phenoxy) is 1. The van der Waals surface area contributed by atoms with Crippen molar-refractivity contribution in [2.75, 3.05) is 17.9 Å². The van der Waals surface area contributed by atoms with Gasteiger partial charge in [-0.2, -0.15) is 0 Å². The van der Waals surface area contributed by atoms with Crippen LogP contribution in [0.1, 0.15) is 30.8 Å². The van der Waals surface area contributed by atoms with Crippen molar-refractivity contribution in [3.05, 3.63) is 66.0 Å². The number of aromatic nitrogens is 3. The van der Waals surface area contributed by atoms with Gasteiger partial charge in [0.25, 0.3) is 0 Å². The maximum Gasteiger partial charge on any atom is 0.240 e. The summed E-state index contributed by atoms with van der Waals surface area (Å²) < 4.78 is 7.19. The van der Waals surface area contributed by atoms with Gasteiger partial charge in [-0.25, -0.2) is 4.68 Å². The number of carbonyl (C=O) groups excluding carboxylic acids is 1. The van der Waals surface area contributed by atoms with Gasteiger partial charge in [0, 0.05) is 12.1 Å². The highest BCUT2D eigenvalue weighted by atomic mass is 32.2. The Bertz CT molecular complexity index is 974. The third-order valence-electron chi connectivity index (χ3n) is 4.75. The molecule has 8 heteroatoms. The molecule has 1 aliphatic heterocycles. The van der Waals surface area contributed by atoms with Gasteiger partial charge in [-0.1, -0.05) is 49.0 Å². The fourth-order valence-corrected chi connectivity index (χ4v) is 4.38. The molecule has 4 rings (SSSR count). The lowest BCUT2D eigenvalue weighted by atomic mass is 10.0. The maximum absolute atomic E-state index is 13.2. The number of anilines is 1. The molecule has 2 N–H and O–H groups in total. The maximum atomic E-state index is 13.2. The SMILES string of the molecule is CCCc1nnc2n1NC(c1ccc(OC)cc1)C(C(=O)Nc1ccccc1)S2. The molecule has 2 heterocycles. The molecule has 1 aliphatic rings. The van der Waals surface area contributed by atoms with Gasteiger partial charge in [-0.05, 0) is 36.2 Å². The Morgan fingerprint density at radius 1 is 1.17 bits per heavy atom. The quantitative estimate of drug-likeness (QED) is 0.647. The van der Waals surface area contributed by atoms with Gasteiger partial charge in [0.05, 0.1) is 13.2 Å². The average Bonchev–Trinajstić information content (AvgIpc) is 3.16. The zero-order chi connectivity index (χ0) is 20.2. The summed E-state index contributed by atoms with van der Waals surface area (Å²) in [4.78, 5) is 13.2. The Balaban J connectivity index is 1.66. The smallest absolute Gasteiger partial charge is 0.240 e. The first kappa shape index (κ1) is 19.3. The average molecular weight is 410 g/mol. The van der Waals surface area contributed by atoms with E-state index in [9.17, 15) is 4.79 Å². The number of para-hydroxylation sites is 1. The van der Waals surface area contributed by atoms with Crippen LogP contribution in [0.5, 0.6) is 5.75 Å². The number of fused-ring (bicyclic) bond motifs is 1. The number of methoxy groups -OCH3 is 1. The van der Waals surface area contributed by atoms with Crippen LogP contribution < -0.4 is 15.5 Å². The van der Waals surface area contributed by atoms with Crippen molar-refractivity contribution in [3.63, 3.8) is 0 Å². The molecule has 0 saturated heterocycles. The molecule has 2 unspecified atom stereocenters. The predicted molar refractivity (Wildman–Crippen MR) is 114 cm³/mol. The first-order chi connectivity index (χ1) is 14.2. The van der Waals surface area contributed by atoms with E-state index in [1.807, 2.05) is 59.3 Å². The van der Waals surface area contributed by atoms with Gasteiger partial charge in [-0.3, -0.25) is 4.79 Å². The number of rotatable bonds is 6. The van der Waals surface area contributed by atoms with Crippen LogP contribution in [0.15, 0.2) is 59.8 Å². The molecule has 29 heavy (non-hydrogen) atoms. The summed E-state index contributed by atoms with van der Waals surface area (Å²) in [5.41, 5.74) is 5.23. The third kappa shape index (κ3) is 4.07. The molecule has 7 nitrogen and oxygen atoms in total. The molecular formula is C21H23N5O2S. The molecule has 150 valence electrons. The van der Waals surface area contributed by atoms with Gasteiger partial charge in [0.1, 0.15) is 11.0 Å². The number of benzene rings is 2. The van der Waals surface area contributed by atoms with E-state index in [0.29, 0.717) is 5.16 Å². The summed E-state index contributed by atoms with van der Waals surface area (Å²) in [6, 6.07) is 17.0. The number of nitrogens with one attached hydrogen (secondary N) is 2. The summed E-state index contributed by atoms with van der Waals surface area (Å²) in [6.07, 6.45) is 1.78. The summed E-state index contributed by atoms with van der Waals surface area (Å²) in [5.74, 6) is 1.57. The van der Waals surface area contributed by atoms with Crippen molar-refractivity contribution in [1.82, 2.24) is 14.9 Å². The highest BCUT2D eigenvalue weighted by Crippen LogP contribution is 2.38. The van der Waals surface area contributed by atoms with Crippen LogP contribution in [-0.4, -0.2) is 33.1 Å². The Kier molecular flexibility index (Phi) is 5.71. The van der Waals surface area contributed by atoms with E-state index in [4.69, 9.17) is 4.74 Å². The number of carbonyl (C=O) groups is 1. The van der Waals surface area contributed by atoms with Crippen molar-refractivity contribution in [2.24, 2.45) is 0 Å². The zero-order valence-electron chi connectivity index (χ0n) is 16.3. The number of nitrogens with zero attached hydrogens (tertiary/aromatic N) is 3. The lowest BCUT2D eigenvalue weighted by molar-refractivity contribution is -0.116. The van der Waals surface area contributed by atoms with E-state index >= 15 is 0 Å². The topological polar surface area (TPSA) is 81.1 Å². The summed E-state index contributed by atoms with van der Waals surface area (Å²) in [6.45, 7) is 2.11. The minimum absolute atomic E-state index is 0.0826. The van der Waals surface area contributed by atoms with Crippen LogP contribution in [0, 0.1) is 0 Å². The Morgan fingerprint density at radius 2 is 1.93 bits per heavy atom. The second-order valence-electron chi connectivity index (χ2n) is 6.76. The molecule has 0 spiro atoms. The van der Waals surface area contributed by atoms with Crippen LogP contribution in [0.4, 0.5) is 5.69 Å². The zero-order valence-corrected chi connectivity index (χ0v) is 17.1. The van der Waals surface area contributed by atoms with Crippen LogP contribution >= 0.6 is 11.8 Å². The van der Waals surface area contributed by atoms with E-state index < -0.39 is 5.25 Å². The lowest BCUT2D eigenvalue weighted by Gasteiger charge is -2.33. The molecule has 0 fully saturated rings. The Hall–Kier alpha value is -3.00.